The molecule has 4 nitrogen and oxygen atoms in total. The van der Waals surface area contributed by atoms with Gasteiger partial charge in [-0.05, 0) is 43.2 Å². The molecule has 0 aliphatic rings. The maximum absolute atomic E-state index is 11.6. The van der Waals surface area contributed by atoms with Gasteiger partial charge in [0.05, 0.1) is 11.0 Å². The van der Waals surface area contributed by atoms with Gasteiger partial charge in [0.2, 0.25) is 5.91 Å². The summed E-state index contributed by atoms with van der Waals surface area (Å²) in [4.78, 5) is 16.4. The van der Waals surface area contributed by atoms with E-state index >= 15 is 0 Å². The van der Waals surface area contributed by atoms with Crippen LogP contribution in [-0.4, -0.2) is 22.0 Å². The summed E-state index contributed by atoms with van der Waals surface area (Å²) in [5, 5.41) is 2.88. The van der Waals surface area contributed by atoms with E-state index < -0.39 is 0 Å². The van der Waals surface area contributed by atoms with Gasteiger partial charge in [-0.1, -0.05) is 46.8 Å². The first kappa shape index (κ1) is 18.4. The van der Waals surface area contributed by atoms with E-state index in [0.717, 1.165) is 40.7 Å². The molecule has 3 rings (SSSR count). The number of carbonyl (C=O) groups is 1. The number of hydrogen-bond acceptors (Lipinski definition) is 2. The highest BCUT2D eigenvalue weighted by atomic mass is 79.9. The normalized spacial score (nSPS) is 10.8. The number of fused-ring (bicyclic) bond motifs is 1. The molecule has 5 heteroatoms. The Morgan fingerprint density at radius 3 is 2.81 bits per heavy atom. The number of imidazole rings is 1. The van der Waals surface area contributed by atoms with Crippen LogP contribution in [0.4, 0.5) is 0 Å². The molecule has 0 saturated carbocycles. The molecule has 134 valence electrons. The van der Waals surface area contributed by atoms with E-state index in [4.69, 9.17) is 4.98 Å². The maximum atomic E-state index is 11.6. The fourth-order valence-electron chi connectivity index (χ4n) is 2.91. The van der Waals surface area contributed by atoms with E-state index in [-0.39, 0.29) is 5.91 Å². The van der Waals surface area contributed by atoms with Gasteiger partial charge in [-0.25, -0.2) is 4.98 Å². The van der Waals surface area contributed by atoms with Gasteiger partial charge in [0, 0.05) is 29.6 Å². The quantitative estimate of drug-likeness (QED) is 0.460. The molecule has 0 atom stereocenters. The number of rotatable bonds is 7. The molecule has 0 saturated heterocycles. The summed E-state index contributed by atoms with van der Waals surface area (Å²) >= 11 is 3.54. The summed E-state index contributed by atoms with van der Waals surface area (Å²) in [5.41, 5.74) is 3.89. The molecule has 3 aromatic rings. The summed E-state index contributed by atoms with van der Waals surface area (Å²) in [6.07, 6.45) is 1.64. The van der Waals surface area contributed by atoms with Crippen LogP contribution in [0, 0.1) is 0 Å². The smallest absolute Gasteiger partial charge is 0.246 e. The number of nitrogens with zero attached hydrogens (tertiary/aromatic N) is 2. The van der Waals surface area contributed by atoms with Gasteiger partial charge in [0.15, 0.2) is 0 Å². The van der Waals surface area contributed by atoms with Crippen LogP contribution in [0.3, 0.4) is 0 Å². The largest absolute Gasteiger partial charge is 0.352 e. The number of nitrogens with one attached hydrogen (secondary N) is 1. The van der Waals surface area contributed by atoms with E-state index in [9.17, 15) is 4.79 Å². The van der Waals surface area contributed by atoms with Crippen LogP contribution in [0.15, 0.2) is 65.2 Å². The zero-order valence-corrected chi connectivity index (χ0v) is 16.4. The lowest BCUT2D eigenvalue weighted by Crippen LogP contribution is -2.25. The van der Waals surface area contributed by atoms with Crippen molar-refractivity contribution in [2.24, 2.45) is 0 Å². The van der Waals surface area contributed by atoms with Gasteiger partial charge in [-0.2, -0.15) is 0 Å². The molecular formula is C21H22BrN3O. The number of halogens is 1. The number of amides is 1. The number of carbonyl (C=O) groups excluding carboxylic acids is 1. The molecule has 0 fully saturated rings. The van der Waals surface area contributed by atoms with Gasteiger partial charge < -0.3 is 9.88 Å². The van der Waals surface area contributed by atoms with Crippen molar-refractivity contribution in [2.45, 2.75) is 26.3 Å². The number of aromatic nitrogens is 2. The first-order chi connectivity index (χ1) is 12.5. The van der Waals surface area contributed by atoms with Crippen LogP contribution in [0.25, 0.3) is 11.0 Å². The van der Waals surface area contributed by atoms with Crippen molar-refractivity contribution in [3.05, 3.63) is 76.5 Å². The predicted octanol–water partition coefficient (Wildman–Crippen LogP) is 4.47. The minimum atomic E-state index is -0.0901. The highest BCUT2D eigenvalue weighted by Crippen LogP contribution is 2.20. The molecular weight excluding hydrogens is 390 g/mol. The Morgan fingerprint density at radius 1 is 1.23 bits per heavy atom. The van der Waals surface area contributed by atoms with Crippen LogP contribution < -0.4 is 5.32 Å². The number of para-hydroxylation sites is 2. The number of benzene rings is 2. The lowest BCUT2D eigenvalue weighted by Gasteiger charge is -2.10. The van der Waals surface area contributed by atoms with Crippen molar-refractivity contribution >= 4 is 32.9 Å². The van der Waals surface area contributed by atoms with Gasteiger partial charge in [0.25, 0.3) is 0 Å². The van der Waals surface area contributed by atoms with Crippen molar-refractivity contribution in [1.82, 2.24) is 14.9 Å². The van der Waals surface area contributed by atoms with Gasteiger partial charge >= 0.3 is 0 Å². The molecule has 1 aromatic heterocycles. The van der Waals surface area contributed by atoms with E-state index in [2.05, 4.69) is 50.6 Å². The average Bonchev–Trinajstić information content (AvgIpc) is 2.96. The second-order valence-electron chi connectivity index (χ2n) is 6.37. The van der Waals surface area contributed by atoms with E-state index in [1.54, 1.807) is 6.92 Å². The summed E-state index contributed by atoms with van der Waals surface area (Å²) in [5.74, 6) is 0.948. The van der Waals surface area contributed by atoms with Crippen molar-refractivity contribution in [1.29, 1.82) is 0 Å². The highest BCUT2D eigenvalue weighted by Gasteiger charge is 2.11. The second-order valence-corrected chi connectivity index (χ2v) is 7.29. The minimum absolute atomic E-state index is 0.0901. The molecule has 0 aliphatic carbocycles. The first-order valence-corrected chi connectivity index (χ1v) is 9.46. The second kappa shape index (κ2) is 8.32. The molecule has 0 aliphatic heterocycles. The third-order valence-corrected chi connectivity index (χ3v) is 4.71. The standard InChI is InChI=1S/C21H22BrN3O/c1-15(2)21(26)23-12-6-11-20-24-18-9-3-4-10-19(18)25(20)14-16-7-5-8-17(22)13-16/h3-5,7-10,13H,1,6,11-12,14H2,2H3,(H,23,26). The Kier molecular flexibility index (Phi) is 5.89. The fourth-order valence-corrected chi connectivity index (χ4v) is 3.36. The van der Waals surface area contributed by atoms with Crippen molar-refractivity contribution in [3.63, 3.8) is 0 Å². The van der Waals surface area contributed by atoms with Crippen molar-refractivity contribution in [3.8, 4) is 0 Å². The highest BCUT2D eigenvalue weighted by molar-refractivity contribution is 9.10. The Balaban J connectivity index is 1.78. The Bertz CT molecular complexity index is 945. The average molecular weight is 412 g/mol. The van der Waals surface area contributed by atoms with Crippen molar-refractivity contribution < 1.29 is 4.79 Å². The van der Waals surface area contributed by atoms with E-state index in [1.165, 1.54) is 5.56 Å². The number of aryl methyl sites for hydroxylation is 1. The molecule has 0 spiro atoms. The zero-order chi connectivity index (χ0) is 18.5. The lowest BCUT2D eigenvalue weighted by molar-refractivity contribution is -0.117. The zero-order valence-electron chi connectivity index (χ0n) is 14.8. The lowest BCUT2D eigenvalue weighted by atomic mass is 10.2. The molecule has 1 amide bonds. The SMILES string of the molecule is C=C(C)C(=O)NCCCc1nc2ccccc2n1Cc1cccc(Br)c1. The summed E-state index contributed by atoms with van der Waals surface area (Å²) in [6.45, 7) is 6.76. The Hall–Kier alpha value is -2.40. The predicted molar refractivity (Wildman–Crippen MR) is 109 cm³/mol. The van der Waals surface area contributed by atoms with Gasteiger partial charge in [-0.3, -0.25) is 4.79 Å². The molecule has 1 heterocycles. The molecule has 0 bridgehead atoms. The van der Waals surface area contributed by atoms with E-state index in [1.807, 2.05) is 30.3 Å². The maximum Gasteiger partial charge on any atom is 0.246 e. The third-order valence-electron chi connectivity index (χ3n) is 4.21. The number of hydrogen-bond donors (Lipinski definition) is 1. The summed E-state index contributed by atoms with van der Waals surface area (Å²) < 4.78 is 3.33. The fraction of sp³-hybridized carbons (Fsp3) is 0.238. The summed E-state index contributed by atoms with van der Waals surface area (Å²) in [7, 11) is 0. The van der Waals surface area contributed by atoms with Crippen LogP contribution >= 0.6 is 15.9 Å². The Labute approximate surface area is 162 Å². The van der Waals surface area contributed by atoms with Crippen LogP contribution in [0.1, 0.15) is 24.7 Å². The molecule has 0 unspecified atom stereocenters. The molecule has 1 N–H and O–H groups in total. The van der Waals surface area contributed by atoms with E-state index in [0.29, 0.717) is 12.1 Å². The van der Waals surface area contributed by atoms with Crippen LogP contribution in [-0.2, 0) is 17.8 Å². The third kappa shape index (κ3) is 4.41. The van der Waals surface area contributed by atoms with Crippen molar-refractivity contribution in [2.75, 3.05) is 6.54 Å². The molecule has 0 radical (unpaired) electrons. The topological polar surface area (TPSA) is 46.9 Å². The molecule has 2 aromatic carbocycles. The molecule has 26 heavy (non-hydrogen) atoms. The van der Waals surface area contributed by atoms with Gasteiger partial charge in [-0.15, -0.1) is 0 Å². The first-order valence-electron chi connectivity index (χ1n) is 8.67. The van der Waals surface area contributed by atoms with Crippen LogP contribution in [0.5, 0.6) is 0 Å². The monoisotopic (exact) mass is 411 g/mol. The van der Waals surface area contributed by atoms with Gasteiger partial charge in [0.1, 0.15) is 5.82 Å². The van der Waals surface area contributed by atoms with Crippen LogP contribution in [0.2, 0.25) is 0 Å². The Morgan fingerprint density at radius 2 is 2.04 bits per heavy atom. The minimum Gasteiger partial charge on any atom is -0.352 e. The summed E-state index contributed by atoms with van der Waals surface area (Å²) in [6, 6.07) is 16.5.